The highest BCUT2D eigenvalue weighted by atomic mass is 35.5. The van der Waals surface area contributed by atoms with Crippen molar-refractivity contribution in [3.63, 3.8) is 0 Å². The highest BCUT2D eigenvalue weighted by Gasteiger charge is 2.12. The molecule has 0 aromatic heterocycles. The van der Waals surface area contributed by atoms with Crippen LogP contribution in [0.5, 0.6) is 0 Å². The fourth-order valence-corrected chi connectivity index (χ4v) is 2.16. The molecule has 7 heteroatoms. The summed E-state index contributed by atoms with van der Waals surface area (Å²) < 4.78 is 27.1. The molecule has 0 aliphatic carbocycles. The number of ether oxygens (including phenoxy) is 5. The van der Waals surface area contributed by atoms with E-state index in [1.807, 2.05) is 0 Å². The molecule has 1 rings (SSSR count). The van der Waals surface area contributed by atoms with Crippen LogP contribution < -0.4 is 5.32 Å². The first-order valence-corrected chi connectivity index (χ1v) is 8.66. The summed E-state index contributed by atoms with van der Waals surface area (Å²) in [5, 5.41) is 3.32. The third-order valence-corrected chi connectivity index (χ3v) is 3.36. The third-order valence-electron chi connectivity index (χ3n) is 3.20. The van der Waals surface area contributed by atoms with Crippen LogP contribution in [0.15, 0.2) is 0 Å². The Morgan fingerprint density at radius 3 is 1.64 bits per heavy atom. The minimum atomic E-state index is 0.395. The summed E-state index contributed by atoms with van der Waals surface area (Å²) in [5.41, 5.74) is 0. The van der Waals surface area contributed by atoms with Crippen molar-refractivity contribution in [2.24, 2.45) is 0 Å². The lowest BCUT2D eigenvalue weighted by molar-refractivity contribution is -0.0277. The normalized spacial score (nSPS) is 16.2. The monoisotopic (exact) mass is 339 g/mol. The molecule has 1 aliphatic heterocycles. The molecule has 1 saturated heterocycles. The predicted octanol–water partition coefficient (Wildman–Crippen LogP) is 1.06. The first kappa shape index (κ1) is 20.1. The molecule has 132 valence electrons. The zero-order valence-corrected chi connectivity index (χ0v) is 14.2. The molecule has 1 aliphatic rings. The van der Waals surface area contributed by atoms with E-state index in [0.717, 1.165) is 25.9 Å². The number of nitrogens with one attached hydrogen (secondary N) is 1. The van der Waals surface area contributed by atoms with Gasteiger partial charge in [-0.1, -0.05) is 0 Å². The Balaban J connectivity index is 1.68. The minimum Gasteiger partial charge on any atom is -0.378 e. The van der Waals surface area contributed by atoms with Crippen molar-refractivity contribution in [1.29, 1.82) is 0 Å². The predicted molar refractivity (Wildman–Crippen MR) is 85.8 cm³/mol. The number of alkyl halides is 1. The molecule has 0 atom stereocenters. The summed E-state index contributed by atoms with van der Waals surface area (Å²) in [4.78, 5) is 0. The van der Waals surface area contributed by atoms with Gasteiger partial charge in [0.25, 0.3) is 0 Å². The highest BCUT2D eigenvalue weighted by Crippen LogP contribution is 2.06. The van der Waals surface area contributed by atoms with Gasteiger partial charge in [0.2, 0.25) is 0 Å². The van der Waals surface area contributed by atoms with E-state index in [1.165, 1.54) is 0 Å². The number of hydrogen-bond donors (Lipinski definition) is 1. The lowest BCUT2D eigenvalue weighted by Gasteiger charge is -2.22. The second-order valence-electron chi connectivity index (χ2n) is 4.96. The lowest BCUT2D eigenvalue weighted by Crippen LogP contribution is -2.33. The summed E-state index contributed by atoms with van der Waals surface area (Å²) in [6.07, 6.45) is 2.59. The van der Waals surface area contributed by atoms with Crippen LogP contribution in [0.25, 0.3) is 0 Å². The van der Waals surface area contributed by atoms with Gasteiger partial charge in [-0.25, -0.2) is 0 Å². The van der Waals surface area contributed by atoms with E-state index >= 15 is 0 Å². The Kier molecular flexibility index (Phi) is 14.5. The van der Waals surface area contributed by atoms with Gasteiger partial charge in [0, 0.05) is 5.88 Å². The summed E-state index contributed by atoms with van der Waals surface area (Å²) in [6.45, 7) is 7.44. The minimum absolute atomic E-state index is 0.395. The van der Waals surface area contributed by atoms with E-state index in [-0.39, 0.29) is 0 Å². The Morgan fingerprint density at radius 2 is 1.14 bits per heavy atom. The van der Waals surface area contributed by atoms with E-state index in [0.29, 0.717) is 71.4 Å². The zero-order chi connectivity index (χ0) is 15.7. The number of piperidine rings is 1. The number of halogens is 1. The standard InChI is InChI=1S/C15H30ClNO5/c16-3-6-18-7-8-19-9-10-20-11-12-21-13-14-22-15-1-4-17-5-2-15/h15,17H,1-14H2. The van der Waals surface area contributed by atoms with Crippen molar-refractivity contribution in [1.82, 2.24) is 5.32 Å². The van der Waals surface area contributed by atoms with Crippen molar-refractivity contribution < 1.29 is 23.7 Å². The van der Waals surface area contributed by atoms with Gasteiger partial charge in [0.1, 0.15) is 0 Å². The maximum absolute atomic E-state index is 5.74. The molecule has 1 fully saturated rings. The second-order valence-corrected chi connectivity index (χ2v) is 5.34. The average molecular weight is 340 g/mol. The number of hydrogen-bond acceptors (Lipinski definition) is 6. The molecular weight excluding hydrogens is 310 g/mol. The van der Waals surface area contributed by atoms with E-state index in [9.17, 15) is 0 Å². The lowest BCUT2D eigenvalue weighted by atomic mass is 10.1. The van der Waals surface area contributed by atoms with Crippen molar-refractivity contribution in [3.8, 4) is 0 Å². The second kappa shape index (κ2) is 15.9. The van der Waals surface area contributed by atoms with Crippen molar-refractivity contribution in [2.75, 3.05) is 78.4 Å². The Bertz CT molecular complexity index is 230. The van der Waals surface area contributed by atoms with Crippen LogP contribution in [0.1, 0.15) is 12.8 Å². The molecule has 0 unspecified atom stereocenters. The summed E-state index contributed by atoms with van der Waals surface area (Å²) in [7, 11) is 0. The van der Waals surface area contributed by atoms with Gasteiger partial charge in [-0.2, -0.15) is 0 Å². The fraction of sp³-hybridized carbons (Fsp3) is 1.00. The van der Waals surface area contributed by atoms with E-state index in [1.54, 1.807) is 0 Å². The van der Waals surface area contributed by atoms with E-state index in [2.05, 4.69) is 5.32 Å². The SMILES string of the molecule is ClCCOCCOCCOCCOCCOC1CCNCC1. The largest absolute Gasteiger partial charge is 0.378 e. The molecule has 0 saturated carbocycles. The van der Waals surface area contributed by atoms with Crippen LogP contribution in [0.3, 0.4) is 0 Å². The van der Waals surface area contributed by atoms with Crippen LogP contribution >= 0.6 is 11.6 Å². The molecule has 0 aromatic rings. The van der Waals surface area contributed by atoms with Crippen molar-refractivity contribution in [3.05, 3.63) is 0 Å². The molecule has 0 aromatic carbocycles. The van der Waals surface area contributed by atoms with Gasteiger partial charge in [-0.15, -0.1) is 11.6 Å². The Morgan fingerprint density at radius 1 is 0.682 bits per heavy atom. The quantitative estimate of drug-likeness (QED) is 0.356. The summed E-state index contributed by atoms with van der Waals surface area (Å²) in [6, 6.07) is 0. The van der Waals surface area contributed by atoms with Crippen LogP contribution in [0, 0.1) is 0 Å². The Labute approximate surface area is 138 Å². The number of rotatable bonds is 15. The molecule has 22 heavy (non-hydrogen) atoms. The van der Waals surface area contributed by atoms with Gasteiger partial charge in [0.15, 0.2) is 0 Å². The van der Waals surface area contributed by atoms with Crippen molar-refractivity contribution >= 4 is 11.6 Å². The van der Waals surface area contributed by atoms with Crippen LogP contribution in [-0.2, 0) is 23.7 Å². The Hall–Kier alpha value is 0.0500. The maximum Gasteiger partial charge on any atom is 0.0704 e. The van der Waals surface area contributed by atoms with Crippen LogP contribution in [0.2, 0.25) is 0 Å². The smallest absolute Gasteiger partial charge is 0.0704 e. The van der Waals surface area contributed by atoms with Gasteiger partial charge >= 0.3 is 0 Å². The van der Waals surface area contributed by atoms with Gasteiger partial charge < -0.3 is 29.0 Å². The third kappa shape index (κ3) is 12.6. The van der Waals surface area contributed by atoms with Gasteiger partial charge in [0.05, 0.1) is 65.6 Å². The van der Waals surface area contributed by atoms with Gasteiger partial charge in [-0.3, -0.25) is 0 Å². The molecule has 1 heterocycles. The molecular formula is C15H30ClNO5. The molecule has 0 spiro atoms. The van der Waals surface area contributed by atoms with Crippen LogP contribution in [-0.4, -0.2) is 84.5 Å². The molecule has 0 amide bonds. The van der Waals surface area contributed by atoms with E-state index in [4.69, 9.17) is 35.3 Å². The van der Waals surface area contributed by atoms with Gasteiger partial charge in [-0.05, 0) is 25.9 Å². The molecule has 1 N–H and O–H groups in total. The molecule has 0 bridgehead atoms. The first-order chi connectivity index (χ1) is 10.9. The van der Waals surface area contributed by atoms with Crippen molar-refractivity contribution in [2.45, 2.75) is 18.9 Å². The average Bonchev–Trinajstić information content (AvgIpc) is 2.56. The van der Waals surface area contributed by atoms with Crippen LogP contribution in [0.4, 0.5) is 0 Å². The maximum atomic E-state index is 5.74. The fourth-order valence-electron chi connectivity index (χ4n) is 2.05. The zero-order valence-electron chi connectivity index (χ0n) is 13.4. The highest BCUT2D eigenvalue weighted by molar-refractivity contribution is 6.17. The summed E-state index contributed by atoms with van der Waals surface area (Å²) >= 11 is 5.48. The van der Waals surface area contributed by atoms with E-state index < -0.39 is 0 Å². The summed E-state index contributed by atoms with van der Waals surface area (Å²) in [5.74, 6) is 0.520. The molecule has 0 radical (unpaired) electrons. The first-order valence-electron chi connectivity index (χ1n) is 8.12. The molecule has 6 nitrogen and oxygen atoms in total. The topological polar surface area (TPSA) is 58.2 Å².